The Labute approximate surface area is 241 Å². The maximum Gasteiger partial charge on any atom is 0.274 e. The average molecular weight is 580 g/mol. The zero-order chi connectivity index (χ0) is 28.9. The van der Waals surface area contributed by atoms with Gasteiger partial charge in [-0.3, -0.25) is 14.6 Å². The second-order valence-corrected chi connectivity index (χ2v) is 11.2. The molecule has 2 aromatic carbocycles. The number of methoxy groups -OCH3 is 1. The summed E-state index contributed by atoms with van der Waals surface area (Å²) < 4.78 is 13.5. The van der Waals surface area contributed by atoms with E-state index in [9.17, 15) is 9.59 Å². The number of hydrogen-bond donors (Lipinski definition) is 1. The molecule has 0 saturated carbocycles. The van der Waals surface area contributed by atoms with Crippen LogP contribution in [0.2, 0.25) is 10.0 Å². The molecule has 0 bridgehead atoms. The summed E-state index contributed by atoms with van der Waals surface area (Å²) in [4.78, 5) is 31.8. The van der Waals surface area contributed by atoms with Crippen LogP contribution in [0, 0.1) is 0 Å². The van der Waals surface area contributed by atoms with Crippen LogP contribution in [0.4, 0.5) is 0 Å². The van der Waals surface area contributed by atoms with Crippen LogP contribution >= 0.6 is 23.2 Å². The molecule has 0 atom stereocenters. The molecule has 0 aliphatic carbocycles. The van der Waals surface area contributed by atoms with Gasteiger partial charge in [-0.15, -0.1) is 0 Å². The van der Waals surface area contributed by atoms with E-state index >= 15 is 0 Å². The van der Waals surface area contributed by atoms with Gasteiger partial charge in [0.15, 0.2) is 5.69 Å². The van der Waals surface area contributed by atoms with Gasteiger partial charge in [-0.1, -0.05) is 23.2 Å². The molecule has 0 unspecified atom stereocenters. The Morgan fingerprint density at radius 1 is 1.07 bits per heavy atom. The summed E-state index contributed by atoms with van der Waals surface area (Å²) in [5, 5.41) is 5.60. The number of carbonyl (C=O) groups excluding carboxylic acids is 2. The number of nitrogens with zero attached hydrogens (tertiary/aromatic N) is 4. The SMILES string of the molecule is COc1cc2c(cc1-c1cnccc1C(N)=O)-c1c(c(C(=O)N(C)C(C)(C)C)nn1-c1cc(Cl)cc(Cl)c1)CO2. The van der Waals surface area contributed by atoms with E-state index in [0.717, 1.165) is 0 Å². The van der Waals surface area contributed by atoms with Crippen molar-refractivity contribution in [1.82, 2.24) is 19.7 Å². The van der Waals surface area contributed by atoms with Crippen LogP contribution in [0.25, 0.3) is 28.1 Å². The lowest BCUT2D eigenvalue weighted by Gasteiger charge is -2.31. The predicted octanol–water partition coefficient (Wildman–Crippen LogP) is 5.78. The molecule has 9 nitrogen and oxygen atoms in total. The second kappa shape index (κ2) is 10.1. The van der Waals surface area contributed by atoms with Crippen LogP contribution < -0.4 is 15.2 Å². The van der Waals surface area contributed by atoms with Gasteiger partial charge in [0, 0.05) is 63.3 Å². The Morgan fingerprint density at radius 3 is 2.40 bits per heavy atom. The van der Waals surface area contributed by atoms with Crippen molar-refractivity contribution in [1.29, 1.82) is 0 Å². The zero-order valence-electron chi connectivity index (χ0n) is 22.6. The molecule has 1 aliphatic heterocycles. The monoisotopic (exact) mass is 579 g/mol. The van der Waals surface area contributed by atoms with Gasteiger partial charge in [-0.05, 0) is 51.1 Å². The van der Waals surface area contributed by atoms with Gasteiger partial charge >= 0.3 is 0 Å². The highest BCUT2D eigenvalue weighted by Crippen LogP contribution is 2.46. The van der Waals surface area contributed by atoms with Gasteiger partial charge < -0.3 is 20.1 Å². The van der Waals surface area contributed by atoms with Crippen LogP contribution in [0.3, 0.4) is 0 Å². The number of primary amides is 1. The third kappa shape index (κ3) is 4.76. The standard InChI is InChI=1S/C29H27Cl2N5O4/c1-29(2,3)35(4)28(38)25-22-14-40-24-12-23(39-5)19(21-13-33-7-6-18(21)27(32)37)11-20(24)26(22)36(34-25)17-9-15(30)8-16(31)10-17/h6-13H,14H2,1-5H3,(H2,32,37). The number of halogens is 2. The Bertz CT molecular complexity index is 1660. The van der Waals surface area contributed by atoms with Crippen molar-refractivity contribution in [2.75, 3.05) is 14.2 Å². The van der Waals surface area contributed by atoms with Crippen molar-refractivity contribution in [3.8, 4) is 39.6 Å². The number of rotatable bonds is 5. The second-order valence-electron chi connectivity index (χ2n) is 10.4. The van der Waals surface area contributed by atoms with Gasteiger partial charge in [-0.25, -0.2) is 4.68 Å². The number of amides is 2. The predicted molar refractivity (Wildman–Crippen MR) is 153 cm³/mol. The largest absolute Gasteiger partial charge is 0.496 e. The number of aromatic nitrogens is 3. The first-order chi connectivity index (χ1) is 18.9. The highest BCUT2D eigenvalue weighted by atomic mass is 35.5. The molecule has 0 radical (unpaired) electrons. The minimum absolute atomic E-state index is 0.0949. The third-order valence-electron chi connectivity index (χ3n) is 6.89. The van der Waals surface area contributed by atoms with Crippen LogP contribution in [0.5, 0.6) is 11.5 Å². The first-order valence-electron chi connectivity index (χ1n) is 12.4. The van der Waals surface area contributed by atoms with Crippen molar-refractivity contribution < 1.29 is 19.1 Å². The van der Waals surface area contributed by atoms with Gasteiger partial charge in [0.25, 0.3) is 5.91 Å². The van der Waals surface area contributed by atoms with E-state index in [1.165, 1.54) is 13.3 Å². The number of benzene rings is 2. The summed E-state index contributed by atoms with van der Waals surface area (Å²) in [5.41, 5.74) is 9.21. The summed E-state index contributed by atoms with van der Waals surface area (Å²) in [6.45, 7) is 5.93. The molecule has 0 saturated heterocycles. The number of carbonyl (C=O) groups is 2. The molecule has 5 rings (SSSR count). The van der Waals surface area contributed by atoms with Crippen molar-refractivity contribution in [2.24, 2.45) is 5.73 Å². The van der Waals surface area contributed by atoms with Crippen LogP contribution in [0.1, 0.15) is 47.2 Å². The Hall–Kier alpha value is -4.08. The topological polar surface area (TPSA) is 113 Å². The van der Waals surface area contributed by atoms with Crippen LogP contribution in [-0.2, 0) is 6.61 Å². The van der Waals surface area contributed by atoms with E-state index in [1.54, 1.807) is 53.2 Å². The molecule has 2 amide bonds. The van der Waals surface area contributed by atoms with Crippen molar-refractivity contribution in [3.05, 3.63) is 75.7 Å². The molecule has 0 fully saturated rings. The minimum Gasteiger partial charge on any atom is -0.496 e. The van der Waals surface area contributed by atoms with Gasteiger partial charge in [0.1, 0.15) is 18.1 Å². The maximum atomic E-state index is 13.7. The zero-order valence-corrected chi connectivity index (χ0v) is 24.1. The normalized spacial score (nSPS) is 12.3. The Morgan fingerprint density at radius 2 is 1.77 bits per heavy atom. The summed E-state index contributed by atoms with van der Waals surface area (Å²) in [5.74, 6) is 0.0962. The number of ether oxygens (including phenoxy) is 2. The number of nitrogens with two attached hydrogens (primary N) is 1. The molecule has 206 valence electrons. The van der Waals surface area contributed by atoms with E-state index in [2.05, 4.69) is 4.98 Å². The lowest BCUT2D eigenvalue weighted by molar-refractivity contribution is 0.0646. The lowest BCUT2D eigenvalue weighted by Crippen LogP contribution is -2.43. The van der Waals surface area contributed by atoms with Crippen LogP contribution in [0.15, 0.2) is 48.8 Å². The quantitative estimate of drug-likeness (QED) is 0.320. The molecule has 3 heterocycles. The van der Waals surface area contributed by atoms with Gasteiger partial charge in [-0.2, -0.15) is 5.10 Å². The summed E-state index contributed by atoms with van der Waals surface area (Å²) >= 11 is 12.7. The van der Waals surface area contributed by atoms with Crippen LogP contribution in [-0.4, -0.2) is 51.2 Å². The molecule has 40 heavy (non-hydrogen) atoms. The molecule has 1 aliphatic rings. The highest BCUT2D eigenvalue weighted by Gasteiger charge is 2.35. The van der Waals surface area contributed by atoms with Crippen molar-refractivity contribution in [2.45, 2.75) is 32.9 Å². The first-order valence-corrected chi connectivity index (χ1v) is 13.1. The lowest BCUT2D eigenvalue weighted by atomic mass is 9.94. The molecular formula is C29H27Cl2N5O4. The smallest absolute Gasteiger partial charge is 0.274 e. The van der Waals surface area contributed by atoms with E-state index in [4.69, 9.17) is 43.5 Å². The van der Waals surface area contributed by atoms with Gasteiger partial charge in [0.2, 0.25) is 5.91 Å². The van der Waals surface area contributed by atoms with Crippen molar-refractivity contribution >= 4 is 35.0 Å². The molecule has 4 aromatic rings. The fourth-order valence-electron chi connectivity index (χ4n) is 4.57. The number of hydrogen-bond acceptors (Lipinski definition) is 6. The fraction of sp³-hybridized carbons (Fsp3) is 0.241. The maximum absolute atomic E-state index is 13.7. The number of fused-ring (bicyclic) bond motifs is 3. The van der Waals surface area contributed by atoms with E-state index in [0.29, 0.717) is 55.2 Å². The summed E-state index contributed by atoms with van der Waals surface area (Å²) in [7, 11) is 3.26. The average Bonchev–Trinajstić information content (AvgIpc) is 3.30. The Balaban J connectivity index is 1.82. The summed E-state index contributed by atoms with van der Waals surface area (Å²) in [6.07, 6.45) is 3.05. The fourth-order valence-corrected chi connectivity index (χ4v) is 5.08. The molecular weight excluding hydrogens is 553 g/mol. The molecule has 11 heteroatoms. The van der Waals surface area contributed by atoms with Gasteiger partial charge in [0.05, 0.1) is 24.1 Å². The molecule has 2 N–H and O–H groups in total. The van der Waals surface area contributed by atoms with E-state index in [-0.39, 0.29) is 23.8 Å². The third-order valence-corrected chi connectivity index (χ3v) is 7.33. The first kappa shape index (κ1) is 27.5. The highest BCUT2D eigenvalue weighted by molar-refractivity contribution is 6.34. The number of pyridine rings is 1. The Kier molecular flexibility index (Phi) is 6.97. The van der Waals surface area contributed by atoms with E-state index < -0.39 is 11.4 Å². The minimum atomic E-state index is -0.606. The van der Waals surface area contributed by atoms with E-state index in [1.807, 2.05) is 26.8 Å². The molecule has 2 aromatic heterocycles. The molecule has 0 spiro atoms. The van der Waals surface area contributed by atoms with Crippen molar-refractivity contribution in [3.63, 3.8) is 0 Å². The summed E-state index contributed by atoms with van der Waals surface area (Å²) in [6, 6.07) is 10.2.